The molecule has 1 rings (SSSR count). The van der Waals surface area contributed by atoms with E-state index in [0.717, 1.165) is 0 Å². The topological polar surface area (TPSA) is 69.7 Å². The molecule has 5 nitrogen and oxygen atoms in total. The molecule has 0 unspecified atom stereocenters. The SMILES string of the molecule is CCOC(=O)CC(=O)CC(=O)C1CCOCC1. The van der Waals surface area contributed by atoms with Crippen molar-refractivity contribution in [2.24, 2.45) is 5.92 Å². The summed E-state index contributed by atoms with van der Waals surface area (Å²) in [6, 6.07) is 0. The smallest absolute Gasteiger partial charge is 0.313 e. The Kier molecular flexibility index (Phi) is 5.83. The molecular weight excluding hydrogens is 224 g/mol. The van der Waals surface area contributed by atoms with Gasteiger partial charge < -0.3 is 9.47 Å². The van der Waals surface area contributed by atoms with E-state index >= 15 is 0 Å². The summed E-state index contributed by atoms with van der Waals surface area (Å²) in [5.41, 5.74) is 0. The number of hydrogen-bond acceptors (Lipinski definition) is 5. The van der Waals surface area contributed by atoms with Gasteiger partial charge in [-0.25, -0.2) is 0 Å². The minimum Gasteiger partial charge on any atom is -0.466 e. The summed E-state index contributed by atoms with van der Waals surface area (Å²) >= 11 is 0. The first-order valence-corrected chi connectivity index (χ1v) is 5.91. The maximum atomic E-state index is 11.7. The molecule has 0 spiro atoms. The Labute approximate surface area is 100 Å². The highest BCUT2D eigenvalue weighted by Crippen LogP contribution is 2.17. The van der Waals surface area contributed by atoms with Gasteiger partial charge in [0.05, 0.1) is 13.0 Å². The average Bonchev–Trinajstić information content (AvgIpc) is 2.30. The molecule has 0 aromatic carbocycles. The van der Waals surface area contributed by atoms with E-state index in [4.69, 9.17) is 4.74 Å². The van der Waals surface area contributed by atoms with Gasteiger partial charge in [0, 0.05) is 19.1 Å². The van der Waals surface area contributed by atoms with E-state index < -0.39 is 5.97 Å². The van der Waals surface area contributed by atoms with Gasteiger partial charge >= 0.3 is 5.97 Å². The van der Waals surface area contributed by atoms with Crippen LogP contribution in [0.25, 0.3) is 0 Å². The third-order valence-electron chi connectivity index (χ3n) is 2.69. The van der Waals surface area contributed by atoms with Crippen LogP contribution < -0.4 is 0 Å². The van der Waals surface area contributed by atoms with Crippen molar-refractivity contribution in [3.05, 3.63) is 0 Å². The quantitative estimate of drug-likeness (QED) is 0.511. The van der Waals surface area contributed by atoms with Crippen LogP contribution in [0.15, 0.2) is 0 Å². The number of carbonyl (C=O) groups excluding carboxylic acids is 3. The standard InChI is InChI=1S/C12H18O5/c1-2-17-12(15)8-10(13)7-11(14)9-3-5-16-6-4-9/h9H,2-8H2,1H3. The molecule has 0 aromatic heterocycles. The van der Waals surface area contributed by atoms with Crippen molar-refractivity contribution in [2.45, 2.75) is 32.6 Å². The van der Waals surface area contributed by atoms with Gasteiger partial charge in [-0.15, -0.1) is 0 Å². The van der Waals surface area contributed by atoms with Crippen molar-refractivity contribution in [1.82, 2.24) is 0 Å². The number of esters is 1. The molecule has 1 saturated heterocycles. The first-order chi connectivity index (χ1) is 8.13. The summed E-state index contributed by atoms with van der Waals surface area (Å²) in [6.07, 6.45) is 0.878. The van der Waals surface area contributed by atoms with E-state index in [-0.39, 0.29) is 36.9 Å². The Bertz CT molecular complexity index is 291. The van der Waals surface area contributed by atoms with Crippen molar-refractivity contribution in [3.8, 4) is 0 Å². The highest BCUT2D eigenvalue weighted by molar-refractivity contribution is 6.06. The van der Waals surface area contributed by atoms with Crippen molar-refractivity contribution in [1.29, 1.82) is 0 Å². The van der Waals surface area contributed by atoms with E-state index in [1.54, 1.807) is 6.92 Å². The number of ketones is 2. The van der Waals surface area contributed by atoms with Crippen LogP contribution in [0.1, 0.15) is 32.6 Å². The van der Waals surface area contributed by atoms with Gasteiger partial charge in [-0.2, -0.15) is 0 Å². The molecule has 5 heteroatoms. The van der Waals surface area contributed by atoms with Crippen LogP contribution in [-0.4, -0.2) is 37.4 Å². The lowest BCUT2D eigenvalue weighted by atomic mass is 9.92. The lowest BCUT2D eigenvalue weighted by Gasteiger charge is -2.20. The molecule has 1 aliphatic rings. The Hall–Kier alpha value is -1.23. The third-order valence-corrected chi connectivity index (χ3v) is 2.69. The summed E-state index contributed by atoms with van der Waals surface area (Å²) in [5.74, 6) is -1.09. The zero-order chi connectivity index (χ0) is 12.7. The Morgan fingerprint density at radius 3 is 2.41 bits per heavy atom. The Morgan fingerprint density at radius 2 is 1.82 bits per heavy atom. The number of Topliss-reactive ketones (excluding diaryl/α,β-unsaturated/α-hetero) is 2. The lowest BCUT2D eigenvalue weighted by molar-refractivity contribution is -0.145. The highest BCUT2D eigenvalue weighted by atomic mass is 16.5. The van der Waals surface area contributed by atoms with Gasteiger partial charge in [-0.05, 0) is 19.8 Å². The molecule has 0 amide bonds. The van der Waals surface area contributed by atoms with Gasteiger partial charge in [-0.1, -0.05) is 0 Å². The fourth-order valence-corrected chi connectivity index (χ4v) is 1.79. The van der Waals surface area contributed by atoms with E-state index in [1.165, 1.54) is 0 Å². The van der Waals surface area contributed by atoms with E-state index in [9.17, 15) is 14.4 Å². The molecule has 96 valence electrons. The van der Waals surface area contributed by atoms with Crippen LogP contribution in [0.2, 0.25) is 0 Å². The maximum Gasteiger partial charge on any atom is 0.313 e. The van der Waals surface area contributed by atoms with Crippen LogP contribution >= 0.6 is 0 Å². The average molecular weight is 242 g/mol. The molecule has 0 radical (unpaired) electrons. The van der Waals surface area contributed by atoms with E-state index in [0.29, 0.717) is 26.1 Å². The minimum absolute atomic E-state index is 0.0809. The fraction of sp³-hybridized carbons (Fsp3) is 0.750. The molecule has 1 aliphatic heterocycles. The Morgan fingerprint density at radius 1 is 1.18 bits per heavy atom. The second-order valence-corrected chi connectivity index (χ2v) is 4.05. The van der Waals surface area contributed by atoms with Crippen LogP contribution in [0.4, 0.5) is 0 Å². The predicted molar refractivity (Wildman–Crippen MR) is 59.4 cm³/mol. The third kappa shape index (κ3) is 5.08. The molecule has 1 fully saturated rings. The van der Waals surface area contributed by atoms with Crippen LogP contribution in [-0.2, 0) is 23.9 Å². The summed E-state index contributed by atoms with van der Waals surface area (Å²) in [4.78, 5) is 34.2. The number of ether oxygens (including phenoxy) is 2. The van der Waals surface area contributed by atoms with Gasteiger partial charge in [0.25, 0.3) is 0 Å². The second-order valence-electron chi connectivity index (χ2n) is 4.05. The number of carbonyl (C=O) groups is 3. The van der Waals surface area contributed by atoms with Gasteiger partial charge in [0.15, 0.2) is 5.78 Å². The Balaban J connectivity index is 2.29. The molecule has 17 heavy (non-hydrogen) atoms. The monoisotopic (exact) mass is 242 g/mol. The van der Waals surface area contributed by atoms with Gasteiger partial charge in [-0.3, -0.25) is 14.4 Å². The molecule has 0 saturated carbocycles. The van der Waals surface area contributed by atoms with Gasteiger partial charge in [0.2, 0.25) is 0 Å². The normalized spacial score (nSPS) is 16.5. The van der Waals surface area contributed by atoms with Crippen LogP contribution in [0.5, 0.6) is 0 Å². The van der Waals surface area contributed by atoms with Gasteiger partial charge in [0.1, 0.15) is 12.2 Å². The van der Waals surface area contributed by atoms with Crippen molar-refractivity contribution in [2.75, 3.05) is 19.8 Å². The number of hydrogen-bond donors (Lipinski definition) is 0. The summed E-state index contributed by atoms with van der Waals surface area (Å²) in [6.45, 7) is 3.07. The van der Waals surface area contributed by atoms with Crippen molar-refractivity contribution in [3.63, 3.8) is 0 Å². The fourth-order valence-electron chi connectivity index (χ4n) is 1.79. The molecule has 1 heterocycles. The second kappa shape index (κ2) is 7.17. The van der Waals surface area contributed by atoms with E-state index in [1.807, 2.05) is 0 Å². The van der Waals surface area contributed by atoms with Crippen LogP contribution in [0.3, 0.4) is 0 Å². The van der Waals surface area contributed by atoms with E-state index in [2.05, 4.69) is 4.74 Å². The first-order valence-electron chi connectivity index (χ1n) is 5.91. The first kappa shape index (κ1) is 13.8. The molecule has 0 bridgehead atoms. The van der Waals surface area contributed by atoms with Crippen molar-refractivity contribution >= 4 is 17.5 Å². The maximum absolute atomic E-state index is 11.7. The zero-order valence-electron chi connectivity index (χ0n) is 10.1. The number of rotatable bonds is 6. The summed E-state index contributed by atoms with van der Waals surface area (Å²) in [5, 5.41) is 0. The van der Waals surface area contributed by atoms with Crippen molar-refractivity contribution < 1.29 is 23.9 Å². The minimum atomic E-state index is -0.558. The molecule has 0 aliphatic carbocycles. The molecule has 0 atom stereocenters. The zero-order valence-corrected chi connectivity index (χ0v) is 10.1. The van der Waals surface area contributed by atoms with Crippen LogP contribution in [0, 0.1) is 5.92 Å². The predicted octanol–water partition coefficient (Wildman–Crippen LogP) is 0.895. The molecular formula is C12H18O5. The largest absolute Gasteiger partial charge is 0.466 e. The summed E-state index contributed by atoms with van der Waals surface area (Å²) < 4.78 is 9.79. The lowest BCUT2D eigenvalue weighted by Crippen LogP contribution is -2.26. The highest BCUT2D eigenvalue weighted by Gasteiger charge is 2.24. The molecule has 0 aromatic rings. The molecule has 0 N–H and O–H groups in total. The summed E-state index contributed by atoms with van der Waals surface area (Å²) in [7, 11) is 0.